The van der Waals surface area contributed by atoms with Gasteiger partial charge in [0.2, 0.25) is 5.82 Å². The van der Waals surface area contributed by atoms with Crippen LogP contribution >= 0.6 is 0 Å². The maximum atomic E-state index is 14.6. The molecule has 25 heavy (non-hydrogen) atoms. The van der Waals surface area contributed by atoms with Crippen LogP contribution in [0.25, 0.3) is 0 Å². The van der Waals surface area contributed by atoms with Crippen LogP contribution in [0.3, 0.4) is 0 Å². The zero-order valence-corrected chi connectivity index (χ0v) is 15.0. The summed E-state index contributed by atoms with van der Waals surface area (Å²) >= 11 is 0. The third-order valence-corrected chi connectivity index (χ3v) is 5.71. The monoisotopic (exact) mass is 356 g/mol. The fraction of sp³-hybridized carbons (Fsp3) is 0.700. The van der Waals surface area contributed by atoms with Gasteiger partial charge in [-0.1, -0.05) is 38.7 Å². The van der Waals surface area contributed by atoms with E-state index >= 15 is 0 Å². The third-order valence-electron chi connectivity index (χ3n) is 5.71. The van der Waals surface area contributed by atoms with Crippen LogP contribution in [0.4, 0.5) is 13.2 Å². The lowest BCUT2D eigenvalue weighted by Gasteiger charge is -2.40. The smallest absolute Gasteiger partial charge is 0.401 e. The molecular weight excluding hydrogens is 329 g/mol. The molecule has 1 saturated carbocycles. The van der Waals surface area contributed by atoms with Crippen LogP contribution in [0.2, 0.25) is 0 Å². The van der Waals surface area contributed by atoms with Crippen molar-refractivity contribution in [2.24, 2.45) is 17.8 Å². The predicted octanol–water partition coefficient (Wildman–Crippen LogP) is 5.97. The van der Waals surface area contributed by atoms with Crippen LogP contribution in [0.15, 0.2) is 12.1 Å². The van der Waals surface area contributed by atoms with Crippen LogP contribution in [-0.4, -0.2) is 12.7 Å². The molecule has 1 heterocycles. The molecule has 1 aliphatic carbocycles. The van der Waals surface area contributed by atoms with Gasteiger partial charge in [0.1, 0.15) is 0 Å². The van der Waals surface area contributed by atoms with E-state index in [1.54, 1.807) is 13.0 Å². The Morgan fingerprint density at radius 3 is 2.52 bits per heavy atom. The van der Waals surface area contributed by atoms with Gasteiger partial charge in [-0.25, -0.2) is 0 Å². The van der Waals surface area contributed by atoms with Gasteiger partial charge in [-0.2, -0.15) is 13.2 Å². The highest BCUT2D eigenvalue weighted by molar-refractivity contribution is 5.44. The highest BCUT2D eigenvalue weighted by Crippen LogP contribution is 2.49. The van der Waals surface area contributed by atoms with Crippen LogP contribution in [-0.2, 0) is 6.42 Å². The summed E-state index contributed by atoms with van der Waals surface area (Å²) in [4.78, 5) is 0. The molecule has 0 N–H and O–H groups in total. The Morgan fingerprint density at radius 1 is 1.16 bits per heavy atom. The van der Waals surface area contributed by atoms with Crippen molar-refractivity contribution in [2.75, 3.05) is 6.61 Å². The van der Waals surface area contributed by atoms with Crippen molar-refractivity contribution in [1.82, 2.24) is 0 Å². The van der Waals surface area contributed by atoms with E-state index in [1.807, 2.05) is 0 Å². The second kappa shape index (κ2) is 7.46. The van der Waals surface area contributed by atoms with Crippen molar-refractivity contribution in [2.45, 2.75) is 64.9 Å². The SMILES string of the molecule is CCCC1CCC(C2Cc3ccc(OCC)c(F)c3OC2(F)F)CC1. The van der Waals surface area contributed by atoms with E-state index in [2.05, 4.69) is 6.92 Å². The van der Waals surface area contributed by atoms with E-state index in [0.717, 1.165) is 32.1 Å². The summed E-state index contributed by atoms with van der Waals surface area (Å²) in [6, 6.07) is 3.17. The molecule has 0 amide bonds. The fourth-order valence-electron chi connectivity index (χ4n) is 4.41. The quantitative estimate of drug-likeness (QED) is 0.646. The van der Waals surface area contributed by atoms with Crippen molar-refractivity contribution in [3.8, 4) is 11.5 Å². The van der Waals surface area contributed by atoms with Gasteiger partial charge in [0.05, 0.1) is 12.5 Å². The first-order valence-corrected chi connectivity index (χ1v) is 9.47. The van der Waals surface area contributed by atoms with Crippen LogP contribution in [0.5, 0.6) is 11.5 Å². The Hall–Kier alpha value is -1.39. The number of benzene rings is 1. The average molecular weight is 356 g/mol. The number of ether oxygens (including phenoxy) is 2. The van der Waals surface area contributed by atoms with Gasteiger partial charge in [-0.3, -0.25) is 0 Å². The van der Waals surface area contributed by atoms with Crippen molar-refractivity contribution in [3.05, 3.63) is 23.5 Å². The van der Waals surface area contributed by atoms with E-state index in [-0.39, 0.29) is 30.4 Å². The first-order chi connectivity index (χ1) is 12.0. The molecule has 0 aromatic heterocycles. The highest BCUT2D eigenvalue weighted by atomic mass is 19.3. The molecule has 0 bridgehead atoms. The number of fused-ring (bicyclic) bond motifs is 1. The Balaban J connectivity index is 1.77. The lowest BCUT2D eigenvalue weighted by atomic mass is 9.72. The summed E-state index contributed by atoms with van der Waals surface area (Å²) in [5, 5.41) is 0. The Labute approximate surface area is 147 Å². The van der Waals surface area contributed by atoms with E-state index in [0.29, 0.717) is 11.5 Å². The van der Waals surface area contributed by atoms with Crippen LogP contribution in [0, 0.1) is 23.6 Å². The molecule has 0 radical (unpaired) electrons. The largest absolute Gasteiger partial charge is 0.491 e. The van der Waals surface area contributed by atoms with Crippen LogP contribution < -0.4 is 9.47 Å². The zero-order valence-electron chi connectivity index (χ0n) is 15.0. The Morgan fingerprint density at radius 2 is 1.88 bits per heavy atom. The molecule has 5 heteroatoms. The zero-order chi connectivity index (χ0) is 18.0. The molecule has 140 valence electrons. The molecule has 1 aromatic rings. The van der Waals surface area contributed by atoms with Gasteiger partial charge < -0.3 is 9.47 Å². The number of rotatable bonds is 5. The lowest BCUT2D eigenvalue weighted by molar-refractivity contribution is -0.239. The van der Waals surface area contributed by atoms with Crippen molar-refractivity contribution >= 4 is 0 Å². The van der Waals surface area contributed by atoms with E-state index in [9.17, 15) is 13.2 Å². The summed E-state index contributed by atoms with van der Waals surface area (Å²) in [7, 11) is 0. The van der Waals surface area contributed by atoms with Gasteiger partial charge in [-0.05, 0) is 49.7 Å². The third kappa shape index (κ3) is 3.75. The Bertz CT molecular complexity index is 595. The standard InChI is InChI=1S/C20H27F3O2/c1-3-5-13-6-8-14(9-7-13)16-12-15-10-11-17(24-4-2)18(21)19(15)25-20(16,22)23/h10-11,13-14,16H,3-9,12H2,1-2H3. The van der Waals surface area contributed by atoms with Crippen molar-refractivity contribution in [3.63, 3.8) is 0 Å². The van der Waals surface area contributed by atoms with E-state index in [1.165, 1.54) is 12.5 Å². The first-order valence-electron chi connectivity index (χ1n) is 9.47. The molecule has 0 spiro atoms. The normalized spacial score (nSPS) is 28.1. The van der Waals surface area contributed by atoms with Gasteiger partial charge >= 0.3 is 6.11 Å². The van der Waals surface area contributed by atoms with Gasteiger partial charge in [0, 0.05) is 0 Å². The van der Waals surface area contributed by atoms with Crippen LogP contribution in [0.1, 0.15) is 57.9 Å². The summed E-state index contributed by atoms with van der Waals surface area (Å²) in [5.41, 5.74) is 0.521. The minimum atomic E-state index is -3.33. The molecule has 2 nitrogen and oxygen atoms in total. The minimum absolute atomic E-state index is 0.0319. The predicted molar refractivity (Wildman–Crippen MR) is 90.7 cm³/mol. The minimum Gasteiger partial charge on any atom is -0.491 e. The molecular formula is C20H27F3O2. The first kappa shape index (κ1) is 18.4. The van der Waals surface area contributed by atoms with Gasteiger partial charge in [0.15, 0.2) is 11.5 Å². The van der Waals surface area contributed by atoms with Crippen molar-refractivity contribution in [1.29, 1.82) is 0 Å². The summed E-state index contributed by atoms with van der Waals surface area (Å²) < 4.78 is 53.7. The number of alkyl halides is 2. The second-order valence-electron chi connectivity index (χ2n) is 7.34. The summed E-state index contributed by atoms with van der Waals surface area (Å²) in [6.07, 6.45) is 2.79. The number of hydrogen-bond donors (Lipinski definition) is 0. The summed E-state index contributed by atoms with van der Waals surface area (Å²) in [5.74, 6) is -1.46. The second-order valence-corrected chi connectivity index (χ2v) is 7.34. The molecule has 1 aliphatic heterocycles. The number of halogens is 3. The van der Waals surface area contributed by atoms with Crippen molar-refractivity contribution < 1.29 is 22.6 Å². The van der Waals surface area contributed by atoms with Gasteiger partial charge in [-0.15, -0.1) is 0 Å². The topological polar surface area (TPSA) is 18.5 Å². The average Bonchev–Trinajstić information content (AvgIpc) is 2.58. The maximum Gasteiger partial charge on any atom is 0.401 e. The van der Waals surface area contributed by atoms with Gasteiger partial charge in [0.25, 0.3) is 0 Å². The highest BCUT2D eigenvalue weighted by Gasteiger charge is 2.51. The molecule has 1 fully saturated rings. The summed E-state index contributed by atoms with van der Waals surface area (Å²) in [6.45, 7) is 4.16. The molecule has 2 aliphatic rings. The van der Waals surface area contributed by atoms with E-state index in [4.69, 9.17) is 9.47 Å². The lowest BCUT2D eigenvalue weighted by Crippen LogP contribution is -2.45. The Kier molecular flexibility index (Phi) is 5.49. The maximum absolute atomic E-state index is 14.6. The number of hydrogen-bond acceptors (Lipinski definition) is 2. The fourth-order valence-corrected chi connectivity index (χ4v) is 4.41. The van der Waals surface area contributed by atoms with E-state index < -0.39 is 17.8 Å². The molecule has 0 saturated heterocycles. The molecule has 3 rings (SSSR count). The molecule has 1 unspecified atom stereocenters. The molecule has 1 atom stereocenters. The molecule has 1 aromatic carbocycles.